The van der Waals surface area contributed by atoms with Gasteiger partial charge in [-0.25, -0.2) is 0 Å². The minimum atomic E-state index is -1.56. The van der Waals surface area contributed by atoms with Crippen LogP contribution in [0.15, 0.2) is 4.52 Å². The summed E-state index contributed by atoms with van der Waals surface area (Å²) < 4.78 is 9.36. The van der Waals surface area contributed by atoms with Crippen molar-refractivity contribution in [3.63, 3.8) is 0 Å². The highest BCUT2D eigenvalue weighted by Crippen LogP contribution is 2.31. The molecule has 1 aromatic heterocycles. The molecule has 1 atom stereocenters. The number of ether oxygens (including phenoxy) is 1. The van der Waals surface area contributed by atoms with Gasteiger partial charge in [0.1, 0.15) is 0 Å². The van der Waals surface area contributed by atoms with E-state index in [-0.39, 0.29) is 11.7 Å². The minimum Gasteiger partial charge on any atom is -0.468 e. The van der Waals surface area contributed by atoms with Crippen LogP contribution in [0.3, 0.4) is 0 Å². The molecule has 0 aliphatic carbocycles. The molecule has 1 aromatic rings. The molecule has 0 fully saturated rings. The lowest BCUT2D eigenvalue weighted by Gasteiger charge is -2.23. The summed E-state index contributed by atoms with van der Waals surface area (Å²) in [7, 11) is 1.17. The van der Waals surface area contributed by atoms with Crippen molar-refractivity contribution < 1.29 is 14.1 Å². The second kappa shape index (κ2) is 4.62. The van der Waals surface area contributed by atoms with Crippen LogP contribution >= 0.6 is 0 Å². The van der Waals surface area contributed by atoms with Crippen LogP contribution in [-0.4, -0.2) is 23.2 Å². The maximum Gasteiger partial charge on any atom is 0.321 e. The lowest BCUT2D eigenvalue weighted by atomic mass is 9.77. The second-order valence-corrected chi connectivity index (χ2v) is 3.52. The van der Waals surface area contributed by atoms with Gasteiger partial charge < -0.3 is 9.26 Å². The van der Waals surface area contributed by atoms with Gasteiger partial charge in [0, 0.05) is 6.92 Å². The van der Waals surface area contributed by atoms with Gasteiger partial charge >= 0.3 is 5.97 Å². The predicted molar refractivity (Wildman–Crippen MR) is 53.1 cm³/mol. The fourth-order valence-corrected chi connectivity index (χ4v) is 1.35. The lowest BCUT2D eigenvalue weighted by molar-refractivity contribution is -0.148. The van der Waals surface area contributed by atoms with Crippen molar-refractivity contribution in [1.82, 2.24) is 10.1 Å². The summed E-state index contributed by atoms with van der Waals surface area (Å²) in [4.78, 5) is 15.6. The Morgan fingerprint density at radius 2 is 2.12 bits per heavy atom. The van der Waals surface area contributed by atoms with Gasteiger partial charge in [-0.3, -0.25) is 4.79 Å². The van der Waals surface area contributed by atoms with Crippen molar-refractivity contribution in [3.8, 4) is 12.1 Å². The van der Waals surface area contributed by atoms with Gasteiger partial charge in [0.25, 0.3) is 0 Å². The molecule has 0 aliphatic rings. The van der Waals surface area contributed by atoms with Crippen LogP contribution in [0.5, 0.6) is 0 Å². The molecule has 0 N–H and O–H groups in total. The summed E-state index contributed by atoms with van der Waals surface area (Å²) in [6.07, 6.45) is 0. The molecule has 88 valence electrons. The van der Waals surface area contributed by atoms with Crippen LogP contribution < -0.4 is 0 Å². The maximum absolute atomic E-state index is 11.8. The number of carbonyl (C=O) groups excluding carboxylic acids is 1. The third-order valence-electron chi connectivity index (χ3n) is 2.44. The van der Waals surface area contributed by atoms with Crippen molar-refractivity contribution in [2.45, 2.75) is 19.3 Å². The Balaban J connectivity index is 3.36. The summed E-state index contributed by atoms with van der Waals surface area (Å²) in [5, 5.41) is 21.4. The molecule has 1 heterocycles. The number of aryl methyl sites for hydroxylation is 1. The summed E-state index contributed by atoms with van der Waals surface area (Å²) >= 11 is 0. The Labute approximate surface area is 97.6 Å². The Kier molecular flexibility index (Phi) is 3.44. The number of carbonyl (C=O) groups is 1. The summed E-state index contributed by atoms with van der Waals surface area (Å²) in [5.74, 6) is -1.81. The van der Waals surface area contributed by atoms with E-state index in [2.05, 4.69) is 14.9 Å². The van der Waals surface area contributed by atoms with E-state index in [1.165, 1.54) is 14.0 Å². The first-order chi connectivity index (χ1) is 8.00. The van der Waals surface area contributed by atoms with Crippen molar-refractivity contribution in [2.24, 2.45) is 5.92 Å². The van der Waals surface area contributed by atoms with Gasteiger partial charge in [-0.2, -0.15) is 15.5 Å². The van der Waals surface area contributed by atoms with E-state index < -0.39 is 17.3 Å². The number of aromatic nitrogens is 2. The molecule has 0 radical (unpaired) electrons. The molecule has 0 amide bonds. The van der Waals surface area contributed by atoms with E-state index in [9.17, 15) is 4.79 Å². The molecular weight excluding hydrogens is 224 g/mol. The van der Waals surface area contributed by atoms with E-state index in [0.717, 1.165) is 0 Å². The van der Waals surface area contributed by atoms with Crippen LogP contribution in [0, 0.1) is 35.5 Å². The third kappa shape index (κ3) is 1.95. The van der Waals surface area contributed by atoms with Crippen LogP contribution in [-0.2, 0) is 14.9 Å². The van der Waals surface area contributed by atoms with Crippen LogP contribution in [0.2, 0.25) is 0 Å². The third-order valence-corrected chi connectivity index (χ3v) is 2.44. The van der Waals surface area contributed by atoms with Gasteiger partial charge in [0.2, 0.25) is 5.89 Å². The molecule has 7 nitrogen and oxygen atoms in total. The average Bonchev–Trinajstić information content (AvgIpc) is 2.76. The molecule has 0 unspecified atom stereocenters. The summed E-state index contributed by atoms with van der Waals surface area (Å²) in [6, 6.07) is 3.46. The Hall–Kier alpha value is -2.41. The van der Waals surface area contributed by atoms with Crippen molar-refractivity contribution in [3.05, 3.63) is 11.7 Å². The number of nitriles is 2. The average molecular weight is 234 g/mol. The van der Waals surface area contributed by atoms with E-state index in [0.29, 0.717) is 0 Å². The highest BCUT2D eigenvalue weighted by Gasteiger charge is 2.49. The number of rotatable bonds is 3. The lowest BCUT2D eigenvalue weighted by Crippen LogP contribution is -2.41. The zero-order chi connectivity index (χ0) is 13.1. The van der Waals surface area contributed by atoms with Gasteiger partial charge in [-0.05, 0) is 6.92 Å². The van der Waals surface area contributed by atoms with E-state index in [4.69, 9.17) is 15.0 Å². The molecule has 7 heteroatoms. The molecule has 0 spiro atoms. The Morgan fingerprint density at radius 3 is 2.47 bits per heavy atom. The SMILES string of the molecule is COC(=O)[C@](C)(c1noc(C)n1)C(C#N)C#N. The van der Waals surface area contributed by atoms with Crippen molar-refractivity contribution in [1.29, 1.82) is 10.5 Å². The minimum absolute atomic E-state index is 0.0325. The molecule has 0 saturated carbocycles. The largest absolute Gasteiger partial charge is 0.468 e. The molecule has 0 bridgehead atoms. The first-order valence-electron chi connectivity index (χ1n) is 4.69. The maximum atomic E-state index is 11.8. The van der Waals surface area contributed by atoms with Gasteiger partial charge in [-0.15, -0.1) is 0 Å². The standard InChI is InChI=1S/C10H10N4O3/c1-6-13-8(14-17-6)10(2,9(15)16-3)7(4-11)5-12/h7H,1-3H3/t10-/m0/s1. The van der Waals surface area contributed by atoms with Crippen LogP contribution in [0.1, 0.15) is 18.6 Å². The van der Waals surface area contributed by atoms with Crippen LogP contribution in [0.4, 0.5) is 0 Å². The molecule has 0 aromatic carbocycles. The van der Waals surface area contributed by atoms with Crippen molar-refractivity contribution >= 4 is 5.97 Å². The van der Waals surface area contributed by atoms with Crippen LogP contribution in [0.25, 0.3) is 0 Å². The second-order valence-electron chi connectivity index (χ2n) is 3.52. The number of hydrogen-bond acceptors (Lipinski definition) is 7. The highest BCUT2D eigenvalue weighted by atomic mass is 16.5. The number of hydrogen-bond donors (Lipinski definition) is 0. The van der Waals surface area contributed by atoms with Gasteiger partial charge in [0.05, 0.1) is 19.2 Å². The smallest absolute Gasteiger partial charge is 0.321 e. The summed E-state index contributed by atoms with van der Waals surface area (Å²) in [5.41, 5.74) is -1.56. The Morgan fingerprint density at radius 1 is 1.53 bits per heavy atom. The number of esters is 1. The molecule has 17 heavy (non-hydrogen) atoms. The molecule has 1 rings (SSSR count). The predicted octanol–water partition coefficient (Wildman–Crippen LogP) is 0.472. The zero-order valence-corrected chi connectivity index (χ0v) is 9.59. The van der Waals surface area contributed by atoms with E-state index >= 15 is 0 Å². The quantitative estimate of drug-likeness (QED) is 0.698. The molecular formula is C10H10N4O3. The van der Waals surface area contributed by atoms with E-state index in [1.807, 2.05) is 0 Å². The first kappa shape index (κ1) is 12.7. The van der Waals surface area contributed by atoms with Gasteiger partial charge in [-0.1, -0.05) is 5.16 Å². The monoisotopic (exact) mass is 234 g/mol. The fraction of sp³-hybridized carbons (Fsp3) is 0.500. The fourth-order valence-electron chi connectivity index (χ4n) is 1.35. The van der Waals surface area contributed by atoms with E-state index in [1.54, 1.807) is 19.1 Å². The normalized spacial score (nSPS) is 13.5. The summed E-state index contributed by atoms with van der Waals surface area (Å²) in [6.45, 7) is 2.92. The van der Waals surface area contributed by atoms with Gasteiger partial charge in [0.15, 0.2) is 17.2 Å². The topological polar surface area (TPSA) is 113 Å². The number of methoxy groups -OCH3 is 1. The number of nitrogens with zero attached hydrogens (tertiary/aromatic N) is 4. The highest BCUT2D eigenvalue weighted by molar-refractivity contribution is 5.83. The Bertz CT molecular complexity index is 496. The molecule has 0 saturated heterocycles. The molecule has 0 aliphatic heterocycles. The zero-order valence-electron chi connectivity index (χ0n) is 9.59. The first-order valence-corrected chi connectivity index (χ1v) is 4.69. The van der Waals surface area contributed by atoms with Crippen molar-refractivity contribution in [2.75, 3.05) is 7.11 Å².